The van der Waals surface area contributed by atoms with Gasteiger partial charge in [-0.15, -0.1) is 11.8 Å². The normalized spacial score (nSPS) is 11.7. The molecule has 1 unspecified atom stereocenters. The molecule has 0 aliphatic carbocycles. The van der Waals surface area contributed by atoms with Gasteiger partial charge in [-0.1, -0.05) is 49.4 Å². The molecule has 0 aliphatic heterocycles. The molecule has 3 rings (SSSR count). The Morgan fingerprint density at radius 2 is 1.61 bits per heavy atom. The van der Waals surface area contributed by atoms with Gasteiger partial charge in [-0.3, -0.25) is 9.59 Å². The van der Waals surface area contributed by atoms with Crippen LogP contribution in [0.4, 0.5) is 11.4 Å². The van der Waals surface area contributed by atoms with Gasteiger partial charge in [-0.25, -0.2) is 4.79 Å². The fourth-order valence-corrected chi connectivity index (χ4v) is 4.02. The van der Waals surface area contributed by atoms with E-state index in [2.05, 4.69) is 10.6 Å². The summed E-state index contributed by atoms with van der Waals surface area (Å²) in [6, 6.07) is 23.0. The van der Waals surface area contributed by atoms with Gasteiger partial charge < -0.3 is 15.7 Å². The van der Waals surface area contributed by atoms with Crippen LogP contribution in [-0.4, -0.2) is 28.1 Å². The summed E-state index contributed by atoms with van der Waals surface area (Å²) in [5.41, 5.74) is 2.11. The van der Waals surface area contributed by atoms with Crippen molar-refractivity contribution in [1.29, 1.82) is 0 Å². The first-order valence-electron chi connectivity index (χ1n) is 10.4. The Labute approximate surface area is 196 Å². The van der Waals surface area contributed by atoms with Crippen LogP contribution in [0.25, 0.3) is 6.08 Å². The highest BCUT2D eigenvalue weighted by Gasteiger charge is 2.19. The van der Waals surface area contributed by atoms with Crippen molar-refractivity contribution in [2.24, 2.45) is 0 Å². The Morgan fingerprint density at radius 1 is 0.909 bits per heavy atom. The van der Waals surface area contributed by atoms with Crippen molar-refractivity contribution in [2.75, 3.05) is 10.6 Å². The second kappa shape index (κ2) is 11.7. The zero-order valence-corrected chi connectivity index (χ0v) is 18.8. The van der Waals surface area contributed by atoms with Gasteiger partial charge in [0.25, 0.3) is 0 Å². The summed E-state index contributed by atoms with van der Waals surface area (Å²) in [6.07, 6.45) is 3.79. The summed E-state index contributed by atoms with van der Waals surface area (Å²) in [7, 11) is 0. The van der Waals surface area contributed by atoms with E-state index in [0.717, 1.165) is 10.5 Å². The molecule has 0 bridgehead atoms. The van der Waals surface area contributed by atoms with Crippen molar-refractivity contribution < 1.29 is 19.5 Å². The van der Waals surface area contributed by atoms with Crippen molar-refractivity contribution in [1.82, 2.24) is 0 Å². The molecule has 168 valence electrons. The van der Waals surface area contributed by atoms with E-state index in [1.165, 1.54) is 30.0 Å². The highest BCUT2D eigenvalue weighted by molar-refractivity contribution is 8.00. The fraction of sp³-hybridized carbons (Fsp3) is 0.115. The molecular weight excluding hydrogens is 436 g/mol. The Morgan fingerprint density at radius 3 is 2.30 bits per heavy atom. The number of carboxylic acids is 1. The Bertz CT molecular complexity index is 1160. The lowest BCUT2D eigenvalue weighted by Gasteiger charge is -2.15. The van der Waals surface area contributed by atoms with Crippen LogP contribution >= 0.6 is 11.8 Å². The summed E-state index contributed by atoms with van der Waals surface area (Å²) in [5, 5.41) is 14.4. The number of rotatable bonds is 9. The van der Waals surface area contributed by atoms with Crippen molar-refractivity contribution in [3.05, 3.63) is 96.1 Å². The number of carbonyl (C=O) groups is 3. The van der Waals surface area contributed by atoms with Crippen LogP contribution < -0.4 is 10.6 Å². The third-order valence-electron chi connectivity index (χ3n) is 4.65. The van der Waals surface area contributed by atoms with E-state index >= 15 is 0 Å². The summed E-state index contributed by atoms with van der Waals surface area (Å²) >= 11 is 1.38. The minimum absolute atomic E-state index is 0.109. The maximum absolute atomic E-state index is 12.8. The molecule has 0 heterocycles. The molecule has 0 spiro atoms. The molecule has 0 aliphatic rings. The maximum atomic E-state index is 12.8. The molecule has 33 heavy (non-hydrogen) atoms. The second-order valence-corrected chi connectivity index (χ2v) is 8.43. The lowest BCUT2D eigenvalue weighted by molar-refractivity contribution is -0.115. The van der Waals surface area contributed by atoms with Gasteiger partial charge in [0.2, 0.25) is 11.8 Å². The molecule has 0 saturated heterocycles. The minimum Gasteiger partial charge on any atom is -0.478 e. The molecule has 0 radical (unpaired) electrons. The van der Waals surface area contributed by atoms with Crippen LogP contribution in [0, 0.1) is 0 Å². The molecule has 3 aromatic carbocycles. The van der Waals surface area contributed by atoms with Crippen LogP contribution in [0.1, 0.15) is 29.3 Å². The molecule has 7 heteroatoms. The Kier molecular flexibility index (Phi) is 8.43. The van der Waals surface area contributed by atoms with Crippen molar-refractivity contribution in [2.45, 2.75) is 23.5 Å². The monoisotopic (exact) mass is 460 g/mol. The van der Waals surface area contributed by atoms with Crippen LogP contribution in [-0.2, 0) is 9.59 Å². The largest absolute Gasteiger partial charge is 0.478 e. The zero-order valence-electron chi connectivity index (χ0n) is 18.0. The maximum Gasteiger partial charge on any atom is 0.335 e. The van der Waals surface area contributed by atoms with Gasteiger partial charge in [-0.2, -0.15) is 0 Å². The third kappa shape index (κ3) is 7.36. The quantitative estimate of drug-likeness (QED) is 0.288. The van der Waals surface area contributed by atoms with Crippen molar-refractivity contribution >= 4 is 47.0 Å². The Hall–Kier alpha value is -3.84. The van der Waals surface area contributed by atoms with E-state index in [9.17, 15) is 14.4 Å². The van der Waals surface area contributed by atoms with Gasteiger partial charge in [-0.05, 0) is 54.5 Å². The average Bonchev–Trinajstić information content (AvgIpc) is 2.82. The van der Waals surface area contributed by atoms with Gasteiger partial charge >= 0.3 is 5.97 Å². The number of aromatic carboxylic acids is 1. The van der Waals surface area contributed by atoms with Crippen LogP contribution in [0.15, 0.2) is 89.8 Å². The molecule has 1 atom stereocenters. The van der Waals surface area contributed by atoms with Crippen molar-refractivity contribution in [3.63, 3.8) is 0 Å². The van der Waals surface area contributed by atoms with E-state index < -0.39 is 5.97 Å². The number of amides is 2. The SMILES string of the molecule is CCC(Sc1cccc(NC(=O)/C=C/c2ccccc2)c1)C(=O)Nc1cccc(C(=O)O)c1. The first-order valence-corrected chi connectivity index (χ1v) is 11.3. The first kappa shape index (κ1) is 23.8. The van der Waals surface area contributed by atoms with Crippen LogP contribution in [0.5, 0.6) is 0 Å². The molecule has 3 aromatic rings. The van der Waals surface area contributed by atoms with Crippen LogP contribution in [0.2, 0.25) is 0 Å². The summed E-state index contributed by atoms with van der Waals surface area (Å²) < 4.78 is 0. The summed E-state index contributed by atoms with van der Waals surface area (Å²) in [4.78, 5) is 37.0. The number of hydrogen-bond donors (Lipinski definition) is 3. The van der Waals surface area contributed by atoms with Gasteiger partial charge in [0.15, 0.2) is 0 Å². The predicted molar refractivity (Wildman–Crippen MR) is 133 cm³/mol. The zero-order chi connectivity index (χ0) is 23.6. The number of carbonyl (C=O) groups excluding carboxylic acids is 2. The number of thioether (sulfide) groups is 1. The fourth-order valence-electron chi connectivity index (χ4n) is 3.01. The van der Waals surface area contributed by atoms with E-state index in [1.807, 2.05) is 55.5 Å². The average molecular weight is 461 g/mol. The van der Waals surface area contributed by atoms with Gasteiger partial charge in [0.1, 0.15) is 0 Å². The number of hydrogen-bond acceptors (Lipinski definition) is 4. The van der Waals surface area contributed by atoms with Crippen molar-refractivity contribution in [3.8, 4) is 0 Å². The Balaban J connectivity index is 1.62. The molecular formula is C26H24N2O4S. The summed E-state index contributed by atoms with van der Waals surface area (Å²) in [6.45, 7) is 1.91. The highest BCUT2D eigenvalue weighted by atomic mass is 32.2. The lowest BCUT2D eigenvalue weighted by atomic mass is 10.2. The first-order chi connectivity index (χ1) is 15.9. The lowest BCUT2D eigenvalue weighted by Crippen LogP contribution is -2.24. The van der Waals surface area contributed by atoms with E-state index in [1.54, 1.807) is 24.3 Å². The number of carboxylic acid groups (broad SMARTS) is 1. The van der Waals surface area contributed by atoms with E-state index in [4.69, 9.17) is 5.11 Å². The number of benzene rings is 3. The third-order valence-corrected chi connectivity index (χ3v) is 6.00. The van der Waals surface area contributed by atoms with Gasteiger partial charge in [0, 0.05) is 22.3 Å². The predicted octanol–water partition coefficient (Wildman–Crippen LogP) is 5.55. The van der Waals surface area contributed by atoms with Gasteiger partial charge in [0.05, 0.1) is 10.8 Å². The smallest absolute Gasteiger partial charge is 0.335 e. The number of anilines is 2. The molecule has 0 fully saturated rings. The van der Waals surface area contributed by atoms with Crippen LogP contribution in [0.3, 0.4) is 0 Å². The highest BCUT2D eigenvalue weighted by Crippen LogP contribution is 2.28. The topological polar surface area (TPSA) is 95.5 Å². The summed E-state index contributed by atoms with van der Waals surface area (Å²) in [5.74, 6) is -1.51. The van der Waals surface area contributed by atoms with E-state index in [0.29, 0.717) is 17.8 Å². The molecule has 0 saturated carbocycles. The van der Waals surface area contributed by atoms with E-state index in [-0.39, 0.29) is 22.6 Å². The second-order valence-electron chi connectivity index (χ2n) is 7.15. The molecule has 3 N–H and O–H groups in total. The minimum atomic E-state index is -1.05. The molecule has 6 nitrogen and oxygen atoms in total. The molecule has 2 amide bonds. The molecule has 0 aromatic heterocycles. The standard InChI is InChI=1S/C26H24N2O4S/c1-2-23(25(30)28-20-11-6-10-19(16-20)26(31)32)33-22-13-7-12-21(17-22)27-24(29)15-14-18-8-4-3-5-9-18/h3-17,23H,2H2,1H3,(H,27,29)(H,28,30)(H,31,32)/b15-14+. The number of nitrogens with one attached hydrogen (secondary N) is 2.